The van der Waals surface area contributed by atoms with Crippen molar-refractivity contribution in [3.05, 3.63) is 81.9 Å². The van der Waals surface area contributed by atoms with Gasteiger partial charge in [-0.1, -0.05) is 23.7 Å². The Bertz CT molecular complexity index is 1070. The molecule has 0 fully saturated rings. The molecule has 0 saturated heterocycles. The number of hydrogen-bond donors (Lipinski definition) is 1. The average molecular weight is 443 g/mol. The lowest BCUT2D eigenvalue weighted by Gasteiger charge is -2.18. The molecule has 0 saturated carbocycles. The van der Waals surface area contributed by atoms with Crippen LogP contribution in [0.5, 0.6) is 0 Å². The highest BCUT2D eigenvalue weighted by Crippen LogP contribution is 2.23. The standard InChI is InChI=1S/C23H24ClFN4O2/c1-4-28(5-2)23(31)17-8-12-19(13-9-17)26-22(30)20-15(3)27-29(21(20)24)14-16-6-10-18(25)11-7-16/h6-13H,4-5,14H2,1-3H3,(H,26,30). The molecule has 1 N–H and O–H groups in total. The van der Waals surface area contributed by atoms with Crippen molar-refractivity contribution >= 4 is 29.1 Å². The van der Waals surface area contributed by atoms with Crippen molar-refractivity contribution in [1.82, 2.24) is 14.7 Å². The van der Waals surface area contributed by atoms with E-state index in [4.69, 9.17) is 11.6 Å². The van der Waals surface area contributed by atoms with Crippen LogP contribution in [0.25, 0.3) is 0 Å². The number of benzene rings is 2. The summed E-state index contributed by atoms with van der Waals surface area (Å²) in [6.45, 7) is 7.14. The minimum Gasteiger partial charge on any atom is -0.339 e. The summed E-state index contributed by atoms with van der Waals surface area (Å²) in [5, 5.41) is 7.34. The van der Waals surface area contributed by atoms with E-state index in [0.717, 1.165) is 5.56 Å². The fourth-order valence-electron chi connectivity index (χ4n) is 3.26. The highest BCUT2D eigenvalue weighted by Gasteiger charge is 2.21. The normalized spacial score (nSPS) is 10.7. The molecule has 2 aromatic carbocycles. The lowest BCUT2D eigenvalue weighted by Crippen LogP contribution is -2.30. The van der Waals surface area contributed by atoms with E-state index >= 15 is 0 Å². The minimum absolute atomic E-state index is 0.0520. The predicted molar refractivity (Wildman–Crippen MR) is 119 cm³/mol. The van der Waals surface area contributed by atoms with Crippen LogP contribution in [0.1, 0.15) is 45.8 Å². The Morgan fingerprint density at radius 2 is 1.68 bits per heavy atom. The maximum Gasteiger partial charge on any atom is 0.260 e. The van der Waals surface area contributed by atoms with Gasteiger partial charge in [0.2, 0.25) is 0 Å². The van der Waals surface area contributed by atoms with Crippen LogP contribution in [-0.2, 0) is 6.54 Å². The molecule has 1 aromatic heterocycles. The van der Waals surface area contributed by atoms with E-state index in [2.05, 4.69) is 10.4 Å². The predicted octanol–water partition coefficient (Wildman–Crippen LogP) is 4.77. The van der Waals surface area contributed by atoms with Crippen LogP contribution in [0.3, 0.4) is 0 Å². The average Bonchev–Trinajstić information content (AvgIpc) is 3.04. The topological polar surface area (TPSA) is 67.2 Å². The summed E-state index contributed by atoms with van der Waals surface area (Å²) in [4.78, 5) is 27.0. The number of anilines is 1. The Morgan fingerprint density at radius 3 is 2.26 bits per heavy atom. The molecule has 1 heterocycles. The highest BCUT2D eigenvalue weighted by atomic mass is 35.5. The second kappa shape index (κ2) is 9.75. The van der Waals surface area contributed by atoms with Crippen LogP contribution in [-0.4, -0.2) is 39.6 Å². The van der Waals surface area contributed by atoms with Gasteiger partial charge in [-0.2, -0.15) is 5.10 Å². The Morgan fingerprint density at radius 1 is 1.06 bits per heavy atom. The monoisotopic (exact) mass is 442 g/mol. The third-order valence-electron chi connectivity index (χ3n) is 4.98. The lowest BCUT2D eigenvalue weighted by molar-refractivity contribution is 0.0773. The zero-order valence-corrected chi connectivity index (χ0v) is 18.4. The van der Waals surface area contributed by atoms with E-state index in [1.165, 1.54) is 16.8 Å². The number of hydrogen-bond acceptors (Lipinski definition) is 3. The Kier molecular flexibility index (Phi) is 7.07. The largest absolute Gasteiger partial charge is 0.339 e. The Balaban J connectivity index is 1.74. The first kappa shape index (κ1) is 22.5. The van der Waals surface area contributed by atoms with Gasteiger partial charge in [0.25, 0.3) is 11.8 Å². The molecule has 0 bridgehead atoms. The van der Waals surface area contributed by atoms with Gasteiger partial charge in [-0.3, -0.25) is 9.59 Å². The van der Waals surface area contributed by atoms with E-state index in [0.29, 0.717) is 36.6 Å². The fraction of sp³-hybridized carbons (Fsp3) is 0.261. The number of carbonyl (C=O) groups is 2. The summed E-state index contributed by atoms with van der Waals surface area (Å²) >= 11 is 6.42. The molecule has 3 aromatic rings. The van der Waals surface area contributed by atoms with Crippen LogP contribution < -0.4 is 5.32 Å². The number of nitrogens with zero attached hydrogens (tertiary/aromatic N) is 3. The minimum atomic E-state index is -0.393. The first-order chi connectivity index (χ1) is 14.8. The summed E-state index contributed by atoms with van der Waals surface area (Å²) in [6, 6.07) is 12.7. The van der Waals surface area contributed by atoms with Crippen LogP contribution >= 0.6 is 11.6 Å². The molecule has 0 unspecified atom stereocenters. The fourth-order valence-corrected chi connectivity index (χ4v) is 3.58. The summed E-state index contributed by atoms with van der Waals surface area (Å²) in [5.74, 6) is -0.768. The van der Waals surface area contributed by atoms with Crippen molar-refractivity contribution in [1.29, 1.82) is 0 Å². The number of aromatic nitrogens is 2. The van der Waals surface area contributed by atoms with Crippen LogP contribution in [0.2, 0.25) is 5.15 Å². The second-order valence-corrected chi connectivity index (χ2v) is 7.40. The van der Waals surface area contributed by atoms with Gasteiger partial charge in [-0.25, -0.2) is 9.07 Å². The maximum absolute atomic E-state index is 13.1. The highest BCUT2D eigenvalue weighted by molar-refractivity contribution is 6.33. The smallest absolute Gasteiger partial charge is 0.260 e. The number of aryl methyl sites for hydroxylation is 1. The molecule has 0 aliphatic rings. The molecule has 3 rings (SSSR count). The third-order valence-corrected chi connectivity index (χ3v) is 5.36. The Labute approximate surface area is 185 Å². The summed E-state index contributed by atoms with van der Waals surface area (Å²) in [7, 11) is 0. The molecule has 6 nitrogen and oxygen atoms in total. The van der Waals surface area contributed by atoms with Gasteiger partial charge < -0.3 is 10.2 Å². The number of rotatable bonds is 7. The molecule has 0 spiro atoms. The van der Waals surface area contributed by atoms with Crippen molar-refractivity contribution in [2.75, 3.05) is 18.4 Å². The van der Waals surface area contributed by atoms with Crippen molar-refractivity contribution in [2.24, 2.45) is 0 Å². The molecule has 162 valence electrons. The molecule has 0 atom stereocenters. The molecule has 31 heavy (non-hydrogen) atoms. The zero-order chi connectivity index (χ0) is 22.5. The van der Waals surface area contributed by atoms with Crippen molar-refractivity contribution in [2.45, 2.75) is 27.3 Å². The van der Waals surface area contributed by atoms with Gasteiger partial charge in [0.15, 0.2) is 0 Å². The van der Waals surface area contributed by atoms with Gasteiger partial charge in [-0.05, 0) is 62.7 Å². The number of nitrogens with one attached hydrogen (secondary N) is 1. The quantitative estimate of drug-likeness (QED) is 0.573. The van der Waals surface area contributed by atoms with E-state index in [-0.39, 0.29) is 22.4 Å². The second-order valence-electron chi connectivity index (χ2n) is 7.04. The van der Waals surface area contributed by atoms with Crippen LogP contribution in [0.15, 0.2) is 48.5 Å². The van der Waals surface area contributed by atoms with E-state index in [1.54, 1.807) is 48.2 Å². The van der Waals surface area contributed by atoms with Gasteiger partial charge in [-0.15, -0.1) is 0 Å². The number of amides is 2. The SMILES string of the molecule is CCN(CC)C(=O)c1ccc(NC(=O)c2c(C)nn(Cc3ccc(F)cc3)c2Cl)cc1. The molecular weight excluding hydrogens is 419 g/mol. The van der Waals surface area contributed by atoms with E-state index < -0.39 is 5.91 Å². The van der Waals surface area contributed by atoms with E-state index in [9.17, 15) is 14.0 Å². The van der Waals surface area contributed by atoms with Gasteiger partial charge >= 0.3 is 0 Å². The molecule has 0 aliphatic heterocycles. The van der Waals surface area contributed by atoms with Crippen molar-refractivity contribution in [3.8, 4) is 0 Å². The summed E-state index contributed by atoms with van der Waals surface area (Å²) in [6.07, 6.45) is 0. The molecule has 2 amide bonds. The van der Waals surface area contributed by atoms with Crippen molar-refractivity contribution in [3.63, 3.8) is 0 Å². The van der Waals surface area contributed by atoms with Gasteiger partial charge in [0.1, 0.15) is 11.0 Å². The molecule has 0 radical (unpaired) electrons. The summed E-state index contributed by atoms with van der Waals surface area (Å²) in [5.41, 5.74) is 2.67. The van der Waals surface area contributed by atoms with Crippen LogP contribution in [0, 0.1) is 12.7 Å². The first-order valence-electron chi connectivity index (χ1n) is 10.0. The van der Waals surface area contributed by atoms with E-state index in [1.807, 2.05) is 13.8 Å². The molecule has 0 aliphatic carbocycles. The van der Waals surface area contributed by atoms with Gasteiger partial charge in [0, 0.05) is 24.3 Å². The lowest BCUT2D eigenvalue weighted by atomic mass is 10.1. The van der Waals surface area contributed by atoms with Gasteiger partial charge in [0.05, 0.1) is 17.8 Å². The maximum atomic E-state index is 13.1. The molecule has 8 heteroatoms. The third kappa shape index (κ3) is 5.11. The number of carbonyl (C=O) groups excluding carboxylic acids is 2. The van der Waals surface area contributed by atoms with Crippen LogP contribution in [0.4, 0.5) is 10.1 Å². The zero-order valence-electron chi connectivity index (χ0n) is 17.7. The molecular formula is C23H24ClFN4O2. The first-order valence-corrected chi connectivity index (χ1v) is 10.4. The van der Waals surface area contributed by atoms with Crippen molar-refractivity contribution < 1.29 is 14.0 Å². The summed E-state index contributed by atoms with van der Waals surface area (Å²) < 4.78 is 14.6. The number of halogens is 2. The Hall–Kier alpha value is -3.19.